The molecule has 0 bridgehead atoms. The largest absolute Gasteiger partial charge is 0.415 e. The number of nitrogens with one attached hydrogen (secondary N) is 1. The molecule has 0 spiro atoms. The molecule has 0 aromatic carbocycles. The number of piperazine rings is 1. The molecular formula is C20H29N5O2. The average molecular weight is 371 g/mol. The summed E-state index contributed by atoms with van der Waals surface area (Å²) in [6.45, 7) is 9.06. The molecule has 1 amide bonds. The topological polar surface area (TPSA) is 62.1 Å². The van der Waals surface area contributed by atoms with Gasteiger partial charge in [-0.1, -0.05) is 0 Å². The van der Waals surface area contributed by atoms with Gasteiger partial charge in [-0.3, -0.25) is 4.90 Å². The molecule has 0 aliphatic carbocycles. The van der Waals surface area contributed by atoms with Crippen LogP contribution in [0.4, 0.5) is 4.79 Å². The summed E-state index contributed by atoms with van der Waals surface area (Å²) < 4.78 is 7.65. The number of amides is 1. The van der Waals surface area contributed by atoms with Crippen LogP contribution in [0.5, 0.6) is 5.75 Å². The molecule has 1 unspecified atom stereocenters. The van der Waals surface area contributed by atoms with Gasteiger partial charge in [0.1, 0.15) is 11.4 Å². The van der Waals surface area contributed by atoms with Crippen molar-refractivity contribution in [3.8, 4) is 5.75 Å². The summed E-state index contributed by atoms with van der Waals surface area (Å²) in [7, 11) is 0. The highest BCUT2D eigenvalue weighted by molar-refractivity contribution is 5.71. The number of fused-ring (bicyclic) bond motifs is 1. The van der Waals surface area contributed by atoms with E-state index in [1.165, 1.54) is 0 Å². The predicted molar refractivity (Wildman–Crippen MR) is 104 cm³/mol. The summed E-state index contributed by atoms with van der Waals surface area (Å²) in [6, 6.07) is 4.33. The van der Waals surface area contributed by atoms with E-state index in [9.17, 15) is 4.79 Å². The SMILES string of the molecule is CC(C)N1CCN(C(=O)Oc2ccn3ccnc3c2)C(C2CCNCC2)C1. The number of imidazole rings is 1. The van der Waals surface area contributed by atoms with Gasteiger partial charge in [0, 0.05) is 50.3 Å². The Morgan fingerprint density at radius 2 is 2.07 bits per heavy atom. The van der Waals surface area contributed by atoms with Crippen molar-refractivity contribution in [2.45, 2.75) is 38.8 Å². The first-order chi connectivity index (χ1) is 13.1. The van der Waals surface area contributed by atoms with Gasteiger partial charge in [0.2, 0.25) is 0 Å². The molecule has 1 N–H and O–H groups in total. The molecule has 1 atom stereocenters. The van der Waals surface area contributed by atoms with Crippen LogP contribution in [0, 0.1) is 5.92 Å². The highest BCUT2D eigenvalue weighted by Crippen LogP contribution is 2.27. The fourth-order valence-corrected chi connectivity index (χ4v) is 4.27. The van der Waals surface area contributed by atoms with Crippen molar-refractivity contribution in [3.63, 3.8) is 0 Å². The number of ether oxygens (including phenoxy) is 1. The van der Waals surface area contributed by atoms with E-state index in [0.717, 1.165) is 51.2 Å². The number of hydrogen-bond donors (Lipinski definition) is 1. The second-order valence-electron chi connectivity index (χ2n) is 7.86. The van der Waals surface area contributed by atoms with Gasteiger partial charge in [0.05, 0.1) is 6.04 Å². The number of aromatic nitrogens is 2. The van der Waals surface area contributed by atoms with Gasteiger partial charge < -0.3 is 19.4 Å². The molecule has 0 saturated carbocycles. The Bertz CT molecular complexity index is 784. The van der Waals surface area contributed by atoms with Crippen molar-refractivity contribution in [2.24, 2.45) is 5.92 Å². The van der Waals surface area contributed by atoms with Gasteiger partial charge in [-0.15, -0.1) is 0 Å². The molecule has 2 aliphatic heterocycles. The highest BCUT2D eigenvalue weighted by atomic mass is 16.6. The van der Waals surface area contributed by atoms with Crippen LogP contribution in [0.2, 0.25) is 0 Å². The zero-order valence-corrected chi connectivity index (χ0v) is 16.2. The smallest absolute Gasteiger partial charge is 0.410 e. The third-order valence-corrected chi connectivity index (χ3v) is 5.92. The maximum atomic E-state index is 13.0. The Morgan fingerprint density at radius 1 is 1.26 bits per heavy atom. The van der Waals surface area contributed by atoms with Crippen LogP contribution in [0.1, 0.15) is 26.7 Å². The molecule has 0 radical (unpaired) electrons. The minimum absolute atomic E-state index is 0.214. The summed E-state index contributed by atoms with van der Waals surface area (Å²) in [6.07, 6.45) is 7.46. The number of hydrogen-bond acceptors (Lipinski definition) is 5. The van der Waals surface area contributed by atoms with Crippen LogP contribution in [-0.2, 0) is 0 Å². The van der Waals surface area contributed by atoms with Crippen molar-refractivity contribution in [1.82, 2.24) is 24.5 Å². The van der Waals surface area contributed by atoms with Crippen molar-refractivity contribution in [1.29, 1.82) is 0 Å². The summed E-state index contributed by atoms with van der Waals surface area (Å²) in [5.41, 5.74) is 0.778. The third kappa shape index (κ3) is 3.94. The van der Waals surface area contributed by atoms with Crippen LogP contribution in [-0.4, -0.2) is 70.1 Å². The van der Waals surface area contributed by atoms with Crippen molar-refractivity contribution < 1.29 is 9.53 Å². The van der Waals surface area contributed by atoms with Crippen LogP contribution >= 0.6 is 0 Å². The molecule has 2 aromatic rings. The summed E-state index contributed by atoms with van der Waals surface area (Å²) in [5, 5.41) is 3.43. The van der Waals surface area contributed by atoms with Gasteiger partial charge in [-0.2, -0.15) is 0 Å². The minimum Gasteiger partial charge on any atom is -0.410 e. The molecule has 7 nitrogen and oxygen atoms in total. The molecule has 2 aliphatic rings. The zero-order valence-electron chi connectivity index (χ0n) is 16.2. The summed E-state index contributed by atoms with van der Waals surface area (Å²) in [4.78, 5) is 21.7. The lowest BCUT2D eigenvalue weighted by Gasteiger charge is -2.46. The molecule has 4 rings (SSSR count). The molecule has 2 aromatic heterocycles. The van der Waals surface area contributed by atoms with Gasteiger partial charge in [-0.05, 0) is 51.8 Å². The fraction of sp³-hybridized carbons (Fsp3) is 0.600. The maximum absolute atomic E-state index is 13.0. The Kier molecular flexibility index (Phi) is 5.31. The molecule has 2 saturated heterocycles. The molecule has 2 fully saturated rings. The molecule has 27 heavy (non-hydrogen) atoms. The maximum Gasteiger partial charge on any atom is 0.415 e. The van der Waals surface area contributed by atoms with E-state index in [0.29, 0.717) is 17.7 Å². The van der Waals surface area contributed by atoms with E-state index >= 15 is 0 Å². The number of piperidine rings is 1. The van der Waals surface area contributed by atoms with Crippen LogP contribution in [0.25, 0.3) is 5.65 Å². The van der Waals surface area contributed by atoms with Gasteiger partial charge >= 0.3 is 6.09 Å². The Morgan fingerprint density at radius 3 is 2.85 bits per heavy atom. The van der Waals surface area contributed by atoms with Crippen molar-refractivity contribution in [3.05, 3.63) is 30.7 Å². The molecule has 7 heteroatoms. The molecule has 146 valence electrons. The van der Waals surface area contributed by atoms with Gasteiger partial charge in [0.25, 0.3) is 0 Å². The monoisotopic (exact) mass is 371 g/mol. The van der Waals surface area contributed by atoms with Crippen molar-refractivity contribution in [2.75, 3.05) is 32.7 Å². The summed E-state index contributed by atoms with van der Waals surface area (Å²) >= 11 is 0. The number of nitrogens with zero attached hydrogens (tertiary/aromatic N) is 4. The fourth-order valence-electron chi connectivity index (χ4n) is 4.27. The first-order valence-corrected chi connectivity index (χ1v) is 9.98. The van der Waals surface area contributed by atoms with Crippen molar-refractivity contribution >= 4 is 11.7 Å². The Balaban J connectivity index is 1.50. The van der Waals surface area contributed by atoms with Crippen LogP contribution in [0.15, 0.2) is 30.7 Å². The van der Waals surface area contributed by atoms with E-state index in [-0.39, 0.29) is 12.1 Å². The lowest BCUT2D eigenvalue weighted by molar-refractivity contribution is 0.0273. The minimum atomic E-state index is -0.238. The van der Waals surface area contributed by atoms with E-state index in [1.54, 1.807) is 6.20 Å². The number of carbonyl (C=O) groups is 1. The first-order valence-electron chi connectivity index (χ1n) is 9.98. The quantitative estimate of drug-likeness (QED) is 0.896. The second kappa shape index (κ2) is 7.86. The lowest BCUT2D eigenvalue weighted by atomic mass is 9.87. The lowest BCUT2D eigenvalue weighted by Crippen LogP contribution is -2.60. The Labute approximate surface area is 160 Å². The molecule has 4 heterocycles. The first kappa shape index (κ1) is 18.3. The van der Waals surface area contributed by atoms with E-state index in [1.807, 2.05) is 33.8 Å². The standard InChI is InChI=1S/C20H29N5O2/c1-15(2)24-11-12-25(18(14-24)16-3-6-21-7-4-16)20(26)27-17-5-9-23-10-8-22-19(23)13-17/h5,8-10,13,15-16,18,21H,3-4,6-7,11-12,14H2,1-2H3. The second-order valence-corrected chi connectivity index (χ2v) is 7.86. The predicted octanol–water partition coefficient (Wildman–Crippen LogP) is 2.23. The van der Waals surface area contributed by atoms with Crippen LogP contribution < -0.4 is 10.1 Å². The Hall–Kier alpha value is -2.12. The number of pyridine rings is 1. The third-order valence-electron chi connectivity index (χ3n) is 5.92. The summed E-state index contributed by atoms with van der Waals surface area (Å²) in [5.74, 6) is 1.07. The van der Waals surface area contributed by atoms with E-state index < -0.39 is 0 Å². The average Bonchev–Trinajstić information content (AvgIpc) is 3.16. The molecular weight excluding hydrogens is 342 g/mol. The van der Waals surface area contributed by atoms with Gasteiger partial charge in [-0.25, -0.2) is 9.78 Å². The highest BCUT2D eigenvalue weighted by Gasteiger charge is 2.37. The number of carbonyl (C=O) groups excluding carboxylic acids is 1. The van der Waals surface area contributed by atoms with E-state index in [2.05, 4.69) is 29.0 Å². The van der Waals surface area contributed by atoms with E-state index in [4.69, 9.17) is 4.74 Å². The van der Waals surface area contributed by atoms with Gasteiger partial charge in [0.15, 0.2) is 0 Å². The number of rotatable bonds is 3. The van der Waals surface area contributed by atoms with Crippen LogP contribution in [0.3, 0.4) is 0 Å². The zero-order chi connectivity index (χ0) is 18.8. The normalized spacial score (nSPS) is 22.5.